The number of halogens is 1. The Bertz CT molecular complexity index is 474. The van der Waals surface area contributed by atoms with Gasteiger partial charge in [-0.15, -0.1) is 0 Å². The van der Waals surface area contributed by atoms with Gasteiger partial charge in [-0.2, -0.15) is 0 Å². The minimum Gasteiger partial charge on any atom is -0.317 e. The van der Waals surface area contributed by atoms with E-state index in [1.54, 1.807) is 0 Å². The van der Waals surface area contributed by atoms with E-state index in [1.165, 1.54) is 18.2 Å². The Balaban J connectivity index is 2.51. The molecule has 5 heteroatoms. The third kappa shape index (κ3) is 4.74. The maximum Gasteiger partial charge on any atom is 0.178 e. The van der Waals surface area contributed by atoms with Crippen molar-refractivity contribution in [1.82, 2.24) is 5.32 Å². The van der Waals surface area contributed by atoms with E-state index >= 15 is 0 Å². The van der Waals surface area contributed by atoms with E-state index in [0.29, 0.717) is 12.5 Å². The lowest BCUT2D eigenvalue weighted by atomic mass is 10.1. The van der Waals surface area contributed by atoms with E-state index in [4.69, 9.17) is 0 Å². The van der Waals surface area contributed by atoms with Gasteiger partial charge in [-0.05, 0) is 45.0 Å². The minimum atomic E-state index is -3.35. The van der Waals surface area contributed by atoms with Crippen molar-refractivity contribution >= 4 is 9.84 Å². The molecule has 0 saturated heterocycles. The Morgan fingerprint density at radius 3 is 2.67 bits per heavy atom. The van der Waals surface area contributed by atoms with E-state index in [9.17, 15) is 12.8 Å². The molecule has 0 saturated carbocycles. The lowest BCUT2D eigenvalue weighted by Gasteiger charge is -2.09. The van der Waals surface area contributed by atoms with Crippen molar-refractivity contribution in [3.05, 3.63) is 30.1 Å². The summed E-state index contributed by atoms with van der Waals surface area (Å²) in [6, 6.07) is 5.57. The zero-order chi connectivity index (χ0) is 13.6. The molecule has 0 aliphatic heterocycles. The number of unbranched alkanes of at least 4 members (excludes halogenated alkanes) is 1. The van der Waals surface area contributed by atoms with Crippen LogP contribution >= 0.6 is 0 Å². The van der Waals surface area contributed by atoms with Crippen molar-refractivity contribution in [2.45, 2.75) is 37.1 Å². The van der Waals surface area contributed by atoms with E-state index in [-0.39, 0.29) is 10.6 Å². The predicted octanol–water partition coefficient (Wildman–Crippen LogP) is 2.38. The molecule has 0 radical (unpaired) electrons. The highest BCUT2D eigenvalue weighted by atomic mass is 32.2. The highest BCUT2D eigenvalue weighted by molar-refractivity contribution is 7.91. The number of hydrogen-bond donors (Lipinski definition) is 1. The van der Waals surface area contributed by atoms with Gasteiger partial charge in [0.05, 0.1) is 10.6 Å². The van der Waals surface area contributed by atoms with Crippen molar-refractivity contribution in [3.63, 3.8) is 0 Å². The van der Waals surface area contributed by atoms with Gasteiger partial charge in [0.15, 0.2) is 9.84 Å². The van der Waals surface area contributed by atoms with E-state index in [0.717, 1.165) is 18.9 Å². The summed E-state index contributed by atoms with van der Waals surface area (Å²) in [5, 5.41) is 3.10. The largest absolute Gasteiger partial charge is 0.317 e. The number of nitrogens with one attached hydrogen (secondary N) is 1. The van der Waals surface area contributed by atoms with Gasteiger partial charge in [-0.1, -0.05) is 12.5 Å². The molecule has 1 unspecified atom stereocenters. The molecule has 0 bridgehead atoms. The summed E-state index contributed by atoms with van der Waals surface area (Å²) in [7, 11) is -1.46. The predicted molar refractivity (Wildman–Crippen MR) is 70.8 cm³/mol. The lowest BCUT2D eigenvalue weighted by molar-refractivity contribution is 0.533. The van der Waals surface area contributed by atoms with Gasteiger partial charge in [0.25, 0.3) is 0 Å². The Hall–Kier alpha value is -0.940. The van der Waals surface area contributed by atoms with Crippen molar-refractivity contribution in [2.75, 3.05) is 12.8 Å². The molecule has 1 rings (SSSR count). The van der Waals surface area contributed by atoms with Crippen LogP contribution in [-0.4, -0.2) is 27.3 Å². The van der Waals surface area contributed by atoms with Gasteiger partial charge >= 0.3 is 0 Å². The molecule has 102 valence electrons. The highest BCUT2D eigenvalue weighted by Crippen LogP contribution is 2.14. The fourth-order valence-electron chi connectivity index (χ4n) is 1.67. The average Bonchev–Trinajstić information content (AvgIpc) is 2.34. The summed E-state index contributed by atoms with van der Waals surface area (Å²) in [4.78, 5) is 0.0733. The topological polar surface area (TPSA) is 46.2 Å². The third-order valence-corrected chi connectivity index (χ3v) is 4.75. The molecule has 0 fully saturated rings. The number of sulfone groups is 1. The van der Waals surface area contributed by atoms with Crippen LogP contribution in [0.3, 0.4) is 0 Å². The Kier molecular flexibility index (Phi) is 5.75. The molecule has 0 spiro atoms. The van der Waals surface area contributed by atoms with Gasteiger partial charge in [0, 0.05) is 6.04 Å². The van der Waals surface area contributed by atoms with Crippen LogP contribution in [0.25, 0.3) is 0 Å². The molecule has 1 N–H and O–H groups in total. The highest BCUT2D eigenvalue weighted by Gasteiger charge is 2.14. The number of benzene rings is 1. The van der Waals surface area contributed by atoms with Crippen LogP contribution in [0.5, 0.6) is 0 Å². The maximum absolute atomic E-state index is 13.0. The van der Waals surface area contributed by atoms with E-state index in [1.807, 2.05) is 7.05 Å². The lowest BCUT2D eigenvalue weighted by Crippen LogP contribution is -2.21. The number of hydrogen-bond acceptors (Lipinski definition) is 3. The van der Waals surface area contributed by atoms with Crippen LogP contribution in [0.2, 0.25) is 0 Å². The molecule has 18 heavy (non-hydrogen) atoms. The van der Waals surface area contributed by atoms with Gasteiger partial charge in [-0.3, -0.25) is 0 Å². The van der Waals surface area contributed by atoms with Crippen LogP contribution in [0, 0.1) is 5.82 Å². The van der Waals surface area contributed by atoms with Crippen LogP contribution in [-0.2, 0) is 9.84 Å². The van der Waals surface area contributed by atoms with Crippen molar-refractivity contribution in [2.24, 2.45) is 0 Å². The summed E-state index contributed by atoms with van der Waals surface area (Å²) >= 11 is 0. The van der Waals surface area contributed by atoms with Gasteiger partial charge in [0.1, 0.15) is 5.82 Å². The Morgan fingerprint density at radius 1 is 1.33 bits per heavy atom. The summed E-state index contributed by atoms with van der Waals surface area (Å²) in [6.07, 6.45) is 2.39. The summed E-state index contributed by atoms with van der Waals surface area (Å²) < 4.78 is 36.8. The van der Waals surface area contributed by atoms with Crippen LogP contribution in [0.1, 0.15) is 26.2 Å². The van der Waals surface area contributed by atoms with Crippen molar-refractivity contribution in [3.8, 4) is 0 Å². The van der Waals surface area contributed by atoms with Crippen LogP contribution in [0.4, 0.5) is 4.39 Å². The first-order valence-electron chi connectivity index (χ1n) is 6.11. The second-order valence-electron chi connectivity index (χ2n) is 4.46. The van der Waals surface area contributed by atoms with Gasteiger partial charge < -0.3 is 5.32 Å². The average molecular weight is 273 g/mol. The SMILES string of the molecule is CNC(C)CCCCS(=O)(=O)c1cccc(F)c1. The first-order chi connectivity index (χ1) is 8.45. The molecule has 1 atom stereocenters. The Morgan fingerprint density at radius 2 is 2.06 bits per heavy atom. The summed E-state index contributed by atoms with van der Waals surface area (Å²) in [6.45, 7) is 2.06. The molecule has 1 aromatic carbocycles. The molecule has 0 aliphatic rings. The Labute approximate surface area is 108 Å². The quantitative estimate of drug-likeness (QED) is 0.776. The molecular weight excluding hydrogens is 253 g/mol. The molecule has 3 nitrogen and oxygen atoms in total. The normalized spacial score (nSPS) is 13.5. The summed E-state index contributed by atoms with van der Waals surface area (Å²) in [5.41, 5.74) is 0. The molecule has 0 amide bonds. The molecule has 0 aromatic heterocycles. The van der Waals surface area contributed by atoms with E-state index in [2.05, 4.69) is 12.2 Å². The fourth-order valence-corrected chi connectivity index (χ4v) is 3.06. The second kappa shape index (κ2) is 6.85. The number of rotatable bonds is 7. The van der Waals surface area contributed by atoms with Crippen molar-refractivity contribution < 1.29 is 12.8 Å². The monoisotopic (exact) mass is 273 g/mol. The fraction of sp³-hybridized carbons (Fsp3) is 0.538. The van der Waals surface area contributed by atoms with Crippen LogP contribution in [0.15, 0.2) is 29.2 Å². The zero-order valence-corrected chi connectivity index (χ0v) is 11.6. The second-order valence-corrected chi connectivity index (χ2v) is 6.57. The van der Waals surface area contributed by atoms with E-state index < -0.39 is 15.7 Å². The summed E-state index contributed by atoms with van der Waals surface area (Å²) in [5.74, 6) is -0.438. The van der Waals surface area contributed by atoms with Gasteiger partial charge in [0.2, 0.25) is 0 Å². The third-order valence-electron chi connectivity index (χ3n) is 2.95. The molecule has 0 aliphatic carbocycles. The molecule has 0 heterocycles. The standard InChI is InChI=1S/C13H20FNO2S/c1-11(15-2)6-3-4-9-18(16,17)13-8-5-7-12(14)10-13/h5,7-8,10-11,15H,3-4,6,9H2,1-2H3. The smallest absolute Gasteiger partial charge is 0.178 e. The van der Waals surface area contributed by atoms with Crippen molar-refractivity contribution in [1.29, 1.82) is 0 Å². The molecule has 1 aromatic rings. The first-order valence-corrected chi connectivity index (χ1v) is 7.76. The zero-order valence-electron chi connectivity index (χ0n) is 10.8. The molecular formula is C13H20FNO2S. The minimum absolute atomic E-state index is 0.0733. The van der Waals surface area contributed by atoms with Crippen LogP contribution < -0.4 is 5.32 Å². The van der Waals surface area contributed by atoms with Gasteiger partial charge in [-0.25, -0.2) is 12.8 Å². The first kappa shape index (κ1) is 15.1. The maximum atomic E-state index is 13.0.